The van der Waals surface area contributed by atoms with Gasteiger partial charge in [-0.2, -0.15) is 4.98 Å². The summed E-state index contributed by atoms with van der Waals surface area (Å²) >= 11 is 12.7. The maximum atomic E-state index is 13.7. The van der Waals surface area contributed by atoms with Gasteiger partial charge in [0.1, 0.15) is 11.2 Å². The minimum Gasteiger partial charge on any atom is -0.421 e. The van der Waals surface area contributed by atoms with Gasteiger partial charge in [0.2, 0.25) is 5.91 Å². The maximum absolute atomic E-state index is 13.7. The van der Waals surface area contributed by atoms with Gasteiger partial charge in [0.05, 0.1) is 24.4 Å². The number of hydrogen-bond acceptors (Lipinski definition) is 6. The van der Waals surface area contributed by atoms with Crippen molar-refractivity contribution in [2.75, 3.05) is 23.7 Å². The number of benzene rings is 1. The number of pyridine rings is 1. The summed E-state index contributed by atoms with van der Waals surface area (Å²) in [7, 11) is 0. The topological polar surface area (TPSA) is 88.5 Å². The van der Waals surface area contributed by atoms with E-state index in [2.05, 4.69) is 21.8 Å². The molecule has 2 unspecified atom stereocenters. The standard InChI is InChI=1S/C23H25Cl2N5O2/c1-12-3-4-15(11-30(12)19-10-27-9-18-21(19)32-23(26)28-18)22(31)29-6-5-14-7-16(24)8-17(25)20(14)13(29)2/h7-10,12-13,15H,3-6,11H2,1-2H3,(H2,26,28)/t12?,13-,15?/m0/s1. The molecule has 9 heteroatoms. The lowest BCUT2D eigenvalue weighted by molar-refractivity contribution is -0.138. The van der Waals surface area contributed by atoms with Crippen LogP contribution in [-0.2, 0) is 11.2 Å². The van der Waals surface area contributed by atoms with Crippen LogP contribution >= 0.6 is 23.2 Å². The van der Waals surface area contributed by atoms with Crippen molar-refractivity contribution < 1.29 is 9.21 Å². The second-order valence-electron chi connectivity index (χ2n) is 8.75. The number of nitrogens with zero attached hydrogens (tertiary/aromatic N) is 4. The van der Waals surface area contributed by atoms with Crippen LogP contribution in [0.15, 0.2) is 28.9 Å². The van der Waals surface area contributed by atoms with Crippen LogP contribution in [0.2, 0.25) is 10.0 Å². The van der Waals surface area contributed by atoms with Crippen molar-refractivity contribution in [3.8, 4) is 0 Å². The van der Waals surface area contributed by atoms with Crippen LogP contribution in [0.5, 0.6) is 0 Å². The smallest absolute Gasteiger partial charge is 0.293 e. The van der Waals surface area contributed by atoms with Crippen LogP contribution in [0.25, 0.3) is 11.1 Å². The van der Waals surface area contributed by atoms with Crippen LogP contribution in [-0.4, -0.2) is 39.9 Å². The molecule has 4 heterocycles. The monoisotopic (exact) mass is 473 g/mol. The molecule has 32 heavy (non-hydrogen) atoms. The van der Waals surface area contributed by atoms with Crippen molar-refractivity contribution >= 4 is 51.9 Å². The second kappa shape index (κ2) is 8.12. The number of aromatic nitrogens is 2. The molecule has 0 spiro atoms. The predicted molar refractivity (Wildman–Crippen MR) is 126 cm³/mol. The van der Waals surface area contributed by atoms with Crippen molar-refractivity contribution in [3.05, 3.63) is 45.7 Å². The van der Waals surface area contributed by atoms with Gasteiger partial charge in [0.25, 0.3) is 6.01 Å². The summed E-state index contributed by atoms with van der Waals surface area (Å²) in [5.74, 6) is 0.0279. The third-order valence-corrected chi connectivity index (χ3v) is 7.34. The first-order valence-corrected chi connectivity index (χ1v) is 11.6. The number of piperidine rings is 1. The van der Waals surface area contributed by atoms with Crippen molar-refractivity contribution in [1.82, 2.24) is 14.9 Å². The van der Waals surface area contributed by atoms with Gasteiger partial charge in [-0.15, -0.1) is 0 Å². The van der Waals surface area contributed by atoms with Gasteiger partial charge < -0.3 is 20.0 Å². The number of hydrogen-bond donors (Lipinski definition) is 1. The Morgan fingerprint density at radius 1 is 1.22 bits per heavy atom. The van der Waals surface area contributed by atoms with Crippen molar-refractivity contribution in [2.24, 2.45) is 5.92 Å². The molecule has 1 fully saturated rings. The van der Waals surface area contributed by atoms with E-state index in [0.29, 0.717) is 34.2 Å². The Hall–Kier alpha value is -2.51. The van der Waals surface area contributed by atoms with Crippen LogP contribution in [0.1, 0.15) is 43.9 Å². The molecule has 0 radical (unpaired) electrons. The van der Waals surface area contributed by atoms with Gasteiger partial charge in [-0.25, -0.2) is 0 Å². The number of carbonyl (C=O) groups is 1. The fourth-order valence-electron chi connectivity index (χ4n) is 5.14. The molecule has 0 saturated carbocycles. The average molecular weight is 474 g/mol. The average Bonchev–Trinajstić information content (AvgIpc) is 3.13. The van der Waals surface area contributed by atoms with E-state index >= 15 is 0 Å². The highest BCUT2D eigenvalue weighted by Gasteiger charge is 2.37. The van der Waals surface area contributed by atoms with E-state index in [9.17, 15) is 4.79 Å². The number of nitrogens with two attached hydrogens (primary N) is 1. The SMILES string of the molecule is CC1CCC(C(=O)N2CCc3cc(Cl)cc(Cl)c3[C@@H]2C)CN1c1cncc2nc(N)oc12. The highest BCUT2D eigenvalue weighted by Crippen LogP contribution is 2.39. The first-order valence-electron chi connectivity index (χ1n) is 10.9. The molecule has 2 N–H and O–H groups in total. The van der Waals surface area contributed by atoms with Gasteiger partial charge in [-0.3, -0.25) is 9.78 Å². The van der Waals surface area contributed by atoms with Gasteiger partial charge >= 0.3 is 0 Å². The molecule has 0 bridgehead atoms. The van der Waals surface area contributed by atoms with Crippen molar-refractivity contribution in [2.45, 2.75) is 45.2 Å². The molecule has 3 aromatic rings. The summed E-state index contributed by atoms with van der Waals surface area (Å²) in [5, 5.41) is 1.26. The minimum absolute atomic E-state index is 0.0945. The molecule has 2 aliphatic heterocycles. The summed E-state index contributed by atoms with van der Waals surface area (Å²) in [6, 6.07) is 3.98. The summed E-state index contributed by atoms with van der Waals surface area (Å²) in [4.78, 5) is 26.3. The number of fused-ring (bicyclic) bond motifs is 2. The Labute approximate surface area is 196 Å². The molecule has 1 saturated heterocycles. The number of oxazole rings is 1. The quantitative estimate of drug-likeness (QED) is 0.571. The molecule has 1 amide bonds. The third kappa shape index (κ3) is 3.57. The van der Waals surface area contributed by atoms with Gasteiger partial charge in [-0.05, 0) is 56.4 Å². The zero-order chi connectivity index (χ0) is 22.6. The minimum atomic E-state index is -0.128. The van der Waals surface area contributed by atoms with Crippen molar-refractivity contribution in [3.63, 3.8) is 0 Å². The maximum Gasteiger partial charge on any atom is 0.293 e. The van der Waals surface area contributed by atoms with E-state index < -0.39 is 0 Å². The highest BCUT2D eigenvalue weighted by atomic mass is 35.5. The summed E-state index contributed by atoms with van der Waals surface area (Å²) in [5.41, 5.74) is 9.95. The van der Waals surface area contributed by atoms with Crippen molar-refractivity contribution in [1.29, 1.82) is 0 Å². The zero-order valence-electron chi connectivity index (χ0n) is 18.0. The molecule has 2 aliphatic rings. The molecule has 5 rings (SSSR count). The largest absolute Gasteiger partial charge is 0.421 e. The summed E-state index contributed by atoms with van der Waals surface area (Å²) in [6.07, 6.45) is 5.88. The lowest BCUT2D eigenvalue weighted by Gasteiger charge is -2.43. The Morgan fingerprint density at radius 3 is 2.84 bits per heavy atom. The lowest BCUT2D eigenvalue weighted by atomic mass is 9.88. The number of halogens is 2. The molecular formula is C23H25Cl2N5O2. The molecule has 168 valence electrons. The Balaban J connectivity index is 1.41. The molecule has 7 nitrogen and oxygen atoms in total. The van der Waals surface area contributed by atoms with Crippen LogP contribution < -0.4 is 10.6 Å². The Kier molecular flexibility index (Phi) is 5.42. The molecule has 0 aliphatic carbocycles. The molecule has 2 aromatic heterocycles. The second-order valence-corrected chi connectivity index (χ2v) is 9.60. The number of rotatable bonds is 2. The van der Waals surface area contributed by atoms with Crippen LogP contribution in [0, 0.1) is 5.92 Å². The van der Waals surface area contributed by atoms with Crippen LogP contribution in [0.4, 0.5) is 11.7 Å². The van der Waals surface area contributed by atoms with E-state index in [4.69, 9.17) is 33.4 Å². The van der Waals surface area contributed by atoms with E-state index in [0.717, 1.165) is 36.1 Å². The Bertz CT molecular complexity index is 1200. The van der Waals surface area contributed by atoms with Gasteiger partial charge in [-0.1, -0.05) is 23.2 Å². The first-order chi connectivity index (χ1) is 15.3. The van der Waals surface area contributed by atoms with Gasteiger partial charge in [0, 0.05) is 29.2 Å². The first kappa shape index (κ1) is 21.3. The molecular weight excluding hydrogens is 449 g/mol. The number of nitrogen functional groups attached to an aromatic ring is 1. The molecule has 3 atom stereocenters. The van der Waals surface area contributed by atoms with E-state index in [1.165, 1.54) is 0 Å². The third-order valence-electron chi connectivity index (χ3n) is 6.81. The predicted octanol–water partition coefficient (Wildman–Crippen LogP) is 4.86. The van der Waals surface area contributed by atoms with E-state index in [-0.39, 0.29) is 29.9 Å². The fraction of sp³-hybridized carbons (Fsp3) is 0.435. The normalized spacial score (nSPS) is 23.4. The Morgan fingerprint density at radius 2 is 2.03 bits per heavy atom. The number of amides is 1. The van der Waals surface area contributed by atoms with E-state index in [1.807, 2.05) is 17.9 Å². The number of carbonyl (C=O) groups excluding carboxylic acids is 1. The number of anilines is 2. The summed E-state index contributed by atoms with van der Waals surface area (Å²) in [6.45, 7) is 5.45. The fourth-order valence-corrected chi connectivity index (χ4v) is 5.84. The van der Waals surface area contributed by atoms with Gasteiger partial charge in [0.15, 0.2) is 5.58 Å². The highest BCUT2D eigenvalue weighted by molar-refractivity contribution is 6.35. The van der Waals surface area contributed by atoms with Crippen LogP contribution in [0.3, 0.4) is 0 Å². The molecule has 1 aromatic carbocycles. The zero-order valence-corrected chi connectivity index (χ0v) is 19.5. The van der Waals surface area contributed by atoms with E-state index in [1.54, 1.807) is 18.5 Å². The lowest BCUT2D eigenvalue weighted by Crippen LogP contribution is -2.50. The summed E-state index contributed by atoms with van der Waals surface area (Å²) < 4.78 is 5.66.